The van der Waals surface area contributed by atoms with E-state index in [1.165, 1.54) is 6.08 Å². The van der Waals surface area contributed by atoms with Crippen molar-refractivity contribution in [3.63, 3.8) is 0 Å². The van der Waals surface area contributed by atoms with Gasteiger partial charge in [0, 0.05) is 18.7 Å². The van der Waals surface area contributed by atoms with E-state index in [0.717, 1.165) is 11.3 Å². The molecule has 1 aromatic rings. The van der Waals surface area contributed by atoms with Gasteiger partial charge in [-0.15, -0.1) is 0 Å². The highest BCUT2D eigenvalue weighted by Crippen LogP contribution is 2.12. The van der Waals surface area contributed by atoms with Gasteiger partial charge >= 0.3 is 0 Å². The number of benzene rings is 1. The summed E-state index contributed by atoms with van der Waals surface area (Å²) in [5.41, 5.74) is 6.56. The van der Waals surface area contributed by atoms with Crippen molar-refractivity contribution in [2.45, 2.75) is 19.9 Å². The zero-order valence-corrected chi connectivity index (χ0v) is 11.7. The second-order valence-corrected chi connectivity index (χ2v) is 4.70. The van der Waals surface area contributed by atoms with E-state index in [1.54, 1.807) is 13.2 Å². The number of nitrogens with one attached hydrogen (secondary N) is 1. The monoisotopic (exact) mass is 262 g/mol. The van der Waals surface area contributed by atoms with Gasteiger partial charge in [0.15, 0.2) is 0 Å². The highest BCUT2D eigenvalue weighted by Gasteiger charge is 2.12. The number of methoxy groups -OCH3 is 1. The Morgan fingerprint density at radius 1 is 1.37 bits per heavy atom. The van der Waals surface area contributed by atoms with Gasteiger partial charge in [-0.2, -0.15) is 0 Å². The van der Waals surface area contributed by atoms with Gasteiger partial charge in [-0.25, -0.2) is 0 Å². The summed E-state index contributed by atoms with van der Waals surface area (Å²) in [7, 11) is 1.62. The fourth-order valence-corrected chi connectivity index (χ4v) is 1.62. The Kier molecular flexibility index (Phi) is 6.09. The molecule has 4 heteroatoms. The SMILES string of the molecule is COc1ccc(C=CC(=O)NC(CN)C(C)C)cc1. The first-order chi connectivity index (χ1) is 9.06. The lowest BCUT2D eigenvalue weighted by molar-refractivity contribution is -0.117. The molecule has 0 aliphatic heterocycles. The van der Waals surface area contributed by atoms with Crippen LogP contribution in [0.25, 0.3) is 6.08 Å². The summed E-state index contributed by atoms with van der Waals surface area (Å²) in [5.74, 6) is 0.993. The predicted molar refractivity (Wildman–Crippen MR) is 77.9 cm³/mol. The van der Waals surface area contributed by atoms with Crippen LogP contribution in [-0.4, -0.2) is 25.6 Å². The second-order valence-electron chi connectivity index (χ2n) is 4.70. The number of hydrogen-bond acceptors (Lipinski definition) is 3. The molecule has 19 heavy (non-hydrogen) atoms. The average Bonchev–Trinajstić information content (AvgIpc) is 2.42. The standard InChI is InChI=1S/C15H22N2O2/c1-11(2)14(10-16)17-15(18)9-6-12-4-7-13(19-3)8-5-12/h4-9,11,14H,10,16H2,1-3H3,(H,17,18). The number of rotatable bonds is 6. The maximum Gasteiger partial charge on any atom is 0.244 e. The highest BCUT2D eigenvalue weighted by atomic mass is 16.5. The molecule has 0 aliphatic rings. The predicted octanol–water partition coefficient (Wildman–Crippen LogP) is 1.81. The zero-order chi connectivity index (χ0) is 14.3. The van der Waals surface area contributed by atoms with Gasteiger partial charge in [0.1, 0.15) is 5.75 Å². The van der Waals surface area contributed by atoms with Crippen LogP contribution in [-0.2, 0) is 4.79 Å². The fraction of sp³-hybridized carbons (Fsp3) is 0.400. The van der Waals surface area contributed by atoms with Gasteiger partial charge in [0.05, 0.1) is 7.11 Å². The first kappa shape index (κ1) is 15.2. The fourth-order valence-electron chi connectivity index (χ4n) is 1.62. The van der Waals surface area contributed by atoms with Crippen LogP contribution < -0.4 is 15.8 Å². The summed E-state index contributed by atoms with van der Waals surface area (Å²) >= 11 is 0. The van der Waals surface area contributed by atoms with Gasteiger partial charge < -0.3 is 15.8 Å². The molecule has 104 valence electrons. The van der Waals surface area contributed by atoms with Crippen molar-refractivity contribution < 1.29 is 9.53 Å². The molecule has 4 nitrogen and oxygen atoms in total. The van der Waals surface area contributed by atoms with Gasteiger partial charge in [0.25, 0.3) is 0 Å². The lowest BCUT2D eigenvalue weighted by Gasteiger charge is -2.19. The average molecular weight is 262 g/mol. The largest absolute Gasteiger partial charge is 0.497 e. The molecule has 1 unspecified atom stereocenters. The van der Waals surface area contributed by atoms with Crippen LogP contribution in [0.4, 0.5) is 0 Å². The Bertz CT molecular complexity index is 424. The molecule has 0 fully saturated rings. The van der Waals surface area contributed by atoms with Crippen LogP contribution in [0.1, 0.15) is 19.4 Å². The first-order valence-electron chi connectivity index (χ1n) is 6.39. The molecule has 0 saturated heterocycles. The third kappa shape index (κ3) is 5.14. The van der Waals surface area contributed by atoms with Crippen LogP contribution in [0.2, 0.25) is 0 Å². The summed E-state index contributed by atoms with van der Waals surface area (Å²) < 4.78 is 5.07. The quantitative estimate of drug-likeness (QED) is 0.768. The molecule has 0 aliphatic carbocycles. The van der Waals surface area contributed by atoms with E-state index in [-0.39, 0.29) is 11.9 Å². The summed E-state index contributed by atoms with van der Waals surface area (Å²) in [6.45, 7) is 4.51. The lowest BCUT2D eigenvalue weighted by Crippen LogP contribution is -2.42. The highest BCUT2D eigenvalue weighted by molar-refractivity contribution is 5.91. The van der Waals surface area contributed by atoms with Gasteiger partial charge in [-0.3, -0.25) is 4.79 Å². The molecule has 0 saturated carbocycles. The van der Waals surface area contributed by atoms with Crippen LogP contribution in [0.5, 0.6) is 5.75 Å². The van der Waals surface area contributed by atoms with E-state index in [0.29, 0.717) is 12.5 Å². The molecule has 1 aromatic carbocycles. The van der Waals surface area contributed by atoms with Crippen LogP contribution in [0, 0.1) is 5.92 Å². The topological polar surface area (TPSA) is 64.3 Å². The van der Waals surface area contributed by atoms with Crippen LogP contribution in [0.15, 0.2) is 30.3 Å². The molecule has 3 N–H and O–H groups in total. The van der Waals surface area contributed by atoms with Crippen molar-refractivity contribution >= 4 is 12.0 Å². The maximum absolute atomic E-state index is 11.7. The molecule has 1 atom stereocenters. The van der Waals surface area contributed by atoms with Gasteiger partial charge in [0.2, 0.25) is 5.91 Å². The summed E-state index contributed by atoms with van der Waals surface area (Å²) in [5, 5.41) is 2.88. The second kappa shape index (κ2) is 7.59. The molecule has 0 radical (unpaired) electrons. The third-order valence-corrected chi connectivity index (χ3v) is 2.93. The number of carbonyl (C=O) groups excluding carboxylic acids is 1. The molecule has 0 heterocycles. The van der Waals surface area contributed by atoms with Crippen molar-refractivity contribution in [2.24, 2.45) is 11.7 Å². The number of carbonyl (C=O) groups is 1. The summed E-state index contributed by atoms with van der Waals surface area (Å²) in [4.78, 5) is 11.7. The smallest absolute Gasteiger partial charge is 0.244 e. The number of nitrogens with two attached hydrogens (primary N) is 1. The summed E-state index contributed by atoms with van der Waals surface area (Å²) in [6, 6.07) is 7.51. The van der Waals surface area contributed by atoms with Crippen LogP contribution in [0.3, 0.4) is 0 Å². The molecule has 0 spiro atoms. The lowest BCUT2D eigenvalue weighted by atomic mass is 10.0. The molecule has 1 rings (SSSR count). The Balaban J connectivity index is 2.57. The van der Waals surface area contributed by atoms with Crippen molar-refractivity contribution in [2.75, 3.05) is 13.7 Å². The van der Waals surface area contributed by atoms with E-state index >= 15 is 0 Å². The van der Waals surface area contributed by atoms with Crippen molar-refractivity contribution in [1.82, 2.24) is 5.32 Å². The molecule has 0 aromatic heterocycles. The van der Waals surface area contributed by atoms with Gasteiger partial charge in [-0.1, -0.05) is 26.0 Å². The van der Waals surface area contributed by atoms with Crippen molar-refractivity contribution in [3.8, 4) is 5.75 Å². The van der Waals surface area contributed by atoms with E-state index in [4.69, 9.17) is 10.5 Å². The van der Waals surface area contributed by atoms with Crippen molar-refractivity contribution in [3.05, 3.63) is 35.9 Å². The Morgan fingerprint density at radius 3 is 2.47 bits per heavy atom. The minimum atomic E-state index is -0.125. The van der Waals surface area contributed by atoms with E-state index in [2.05, 4.69) is 5.32 Å². The minimum Gasteiger partial charge on any atom is -0.497 e. The summed E-state index contributed by atoms with van der Waals surface area (Å²) in [6.07, 6.45) is 3.29. The molecular weight excluding hydrogens is 240 g/mol. The molecule has 1 amide bonds. The maximum atomic E-state index is 11.7. The van der Waals surface area contributed by atoms with Gasteiger partial charge in [-0.05, 0) is 29.7 Å². The number of hydrogen-bond donors (Lipinski definition) is 2. The Morgan fingerprint density at radius 2 is 2.00 bits per heavy atom. The normalized spacial score (nSPS) is 12.7. The van der Waals surface area contributed by atoms with E-state index in [9.17, 15) is 4.79 Å². The third-order valence-electron chi connectivity index (χ3n) is 2.93. The Hall–Kier alpha value is -1.81. The molecular formula is C15H22N2O2. The van der Waals surface area contributed by atoms with E-state index in [1.807, 2.05) is 38.1 Å². The minimum absolute atomic E-state index is 0.00742. The van der Waals surface area contributed by atoms with Crippen molar-refractivity contribution in [1.29, 1.82) is 0 Å². The Labute approximate surface area is 114 Å². The zero-order valence-electron chi connectivity index (χ0n) is 11.7. The first-order valence-corrected chi connectivity index (χ1v) is 6.39. The van der Waals surface area contributed by atoms with Crippen LogP contribution >= 0.6 is 0 Å². The van der Waals surface area contributed by atoms with E-state index < -0.39 is 0 Å². The number of ether oxygens (including phenoxy) is 1. The molecule has 0 bridgehead atoms. The number of amides is 1.